The van der Waals surface area contributed by atoms with E-state index in [9.17, 15) is 14.4 Å². The molecular formula is C14H20BrN5O3. The van der Waals surface area contributed by atoms with Crippen LogP contribution in [-0.2, 0) is 11.3 Å². The lowest BCUT2D eigenvalue weighted by Crippen LogP contribution is -2.49. The van der Waals surface area contributed by atoms with E-state index < -0.39 is 11.2 Å². The highest BCUT2D eigenvalue weighted by Gasteiger charge is 2.30. The molecule has 1 atom stereocenters. The van der Waals surface area contributed by atoms with Gasteiger partial charge in [0, 0.05) is 51.5 Å². The highest BCUT2D eigenvalue weighted by Crippen LogP contribution is 2.16. The molecule has 1 aromatic heterocycles. The van der Waals surface area contributed by atoms with Gasteiger partial charge in [0.1, 0.15) is 6.54 Å². The Kier molecular flexibility index (Phi) is 4.98. The maximum atomic E-state index is 12.4. The minimum atomic E-state index is -0.565. The van der Waals surface area contributed by atoms with E-state index in [2.05, 4.69) is 31.1 Å². The molecule has 1 amide bonds. The number of piperazine rings is 1. The molecule has 0 aliphatic carbocycles. The van der Waals surface area contributed by atoms with Crippen molar-refractivity contribution >= 4 is 21.8 Å². The molecule has 8 nitrogen and oxygen atoms in total. The Labute approximate surface area is 141 Å². The van der Waals surface area contributed by atoms with Gasteiger partial charge in [0.05, 0.1) is 4.47 Å². The lowest BCUT2D eigenvalue weighted by molar-refractivity contribution is -0.131. The van der Waals surface area contributed by atoms with Crippen LogP contribution in [0.5, 0.6) is 0 Å². The van der Waals surface area contributed by atoms with Crippen LogP contribution in [0.1, 0.15) is 6.42 Å². The van der Waals surface area contributed by atoms with Crippen molar-refractivity contribution in [2.45, 2.75) is 19.0 Å². The summed E-state index contributed by atoms with van der Waals surface area (Å²) in [4.78, 5) is 41.9. The number of carbonyl (C=O) groups is 1. The van der Waals surface area contributed by atoms with Gasteiger partial charge in [-0.05, 0) is 22.4 Å². The predicted octanol–water partition coefficient (Wildman–Crippen LogP) is -1.19. The van der Waals surface area contributed by atoms with Gasteiger partial charge in [-0.25, -0.2) is 4.79 Å². The number of hydrogen-bond acceptors (Lipinski definition) is 5. The zero-order valence-electron chi connectivity index (χ0n) is 12.8. The molecule has 3 heterocycles. The highest BCUT2D eigenvalue weighted by molar-refractivity contribution is 9.10. The van der Waals surface area contributed by atoms with Gasteiger partial charge in [0.2, 0.25) is 5.91 Å². The lowest BCUT2D eigenvalue weighted by Gasteiger charge is -2.32. The molecule has 0 aromatic carbocycles. The van der Waals surface area contributed by atoms with E-state index >= 15 is 0 Å². The van der Waals surface area contributed by atoms with Crippen LogP contribution in [0.4, 0.5) is 0 Å². The van der Waals surface area contributed by atoms with Crippen LogP contribution in [0, 0.1) is 0 Å². The molecule has 2 aliphatic rings. The van der Waals surface area contributed by atoms with E-state index in [-0.39, 0.29) is 16.9 Å². The number of aromatic nitrogens is 2. The van der Waals surface area contributed by atoms with Crippen LogP contribution in [0.3, 0.4) is 0 Å². The number of halogens is 1. The van der Waals surface area contributed by atoms with Crippen LogP contribution >= 0.6 is 15.9 Å². The van der Waals surface area contributed by atoms with Crippen LogP contribution in [-0.4, -0.2) is 70.6 Å². The third-order valence-corrected chi connectivity index (χ3v) is 5.02. The molecular weight excluding hydrogens is 366 g/mol. The van der Waals surface area contributed by atoms with Crippen molar-refractivity contribution in [3.8, 4) is 0 Å². The van der Waals surface area contributed by atoms with E-state index in [1.165, 1.54) is 10.8 Å². The van der Waals surface area contributed by atoms with E-state index in [4.69, 9.17) is 0 Å². The third kappa shape index (κ3) is 3.73. The molecule has 0 bridgehead atoms. The van der Waals surface area contributed by atoms with Gasteiger partial charge in [-0.1, -0.05) is 0 Å². The molecule has 126 valence electrons. The SMILES string of the molecule is O=C(Cn1cc(Br)c(=O)[nH]c1=O)N1CCC(N2CCNCC2)C1. The fraction of sp³-hybridized carbons (Fsp3) is 0.643. The molecule has 2 saturated heterocycles. The van der Waals surface area contributed by atoms with Crippen LogP contribution in [0.15, 0.2) is 20.3 Å². The molecule has 1 unspecified atom stereocenters. The normalized spacial score (nSPS) is 22.5. The Hall–Kier alpha value is -1.45. The summed E-state index contributed by atoms with van der Waals surface area (Å²) in [5.74, 6) is -0.0938. The second-order valence-corrected chi connectivity index (χ2v) is 6.79. The van der Waals surface area contributed by atoms with Crippen molar-refractivity contribution in [3.05, 3.63) is 31.5 Å². The van der Waals surface area contributed by atoms with Crippen LogP contribution < -0.4 is 16.6 Å². The molecule has 2 N–H and O–H groups in total. The summed E-state index contributed by atoms with van der Waals surface area (Å²) in [7, 11) is 0. The quantitative estimate of drug-likeness (QED) is 0.682. The summed E-state index contributed by atoms with van der Waals surface area (Å²) >= 11 is 3.07. The van der Waals surface area contributed by atoms with Gasteiger partial charge in [0.15, 0.2) is 0 Å². The van der Waals surface area contributed by atoms with Gasteiger partial charge in [0.25, 0.3) is 5.56 Å². The summed E-state index contributed by atoms with van der Waals surface area (Å²) in [5.41, 5.74) is -1.05. The number of carbonyl (C=O) groups excluding carboxylic acids is 1. The molecule has 0 spiro atoms. The maximum absolute atomic E-state index is 12.4. The summed E-state index contributed by atoms with van der Waals surface area (Å²) in [6.45, 7) is 5.38. The average Bonchev–Trinajstić information content (AvgIpc) is 3.03. The Morgan fingerprint density at radius 1 is 1.26 bits per heavy atom. The van der Waals surface area contributed by atoms with Gasteiger partial charge in [-0.15, -0.1) is 0 Å². The standard InChI is InChI=1S/C14H20BrN5O3/c15-11-8-20(14(23)17-13(11)22)9-12(21)19-4-1-10(7-19)18-5-2-16-3-6-18/h8,10,16H,1-7,9H2,(H,17,22,23). The summed E-state index contributed by atoms with van der Waals surface area (Å²) in [6, 6.07) is 0.403. The Balaban J connectivity index is 1.62. The van der Waals surface area contributed by atoms with E-state index in [0.717, 1.165) is 32.6 Å². The number of hydrogen-bond donors (Lipinski definition) is 2. The molecule has 1 aromatic rings. The smallest absolute Gasteiger partial charge is 0.328 e. The van der Waals surface area contributed by atoms with Crippen molar-refractivity contribution in [1.29, 1.82) is 0 Å². The fourth-order valence-corrected chi connectivity index (χ4v) is 3.51. The van der Waals surface area contributed by atoms with E-state index in [0.29, 0.717) is 19.1 Å². The number of amides is 1. The lowest BCUT2D eigenvalue weighted by atomic mass is 10.2. The summed E-state index contributed by atoms with van der Waals surface area (Å²) in [6.07, 6.45) is 2.33. The monoisotopic (exact) mass is 385 g/mol. The Morgan fingerprint density at radius 2 is 2.00 bits per heavy atom. The van der Waals surface area contributed by atoms with Crippen LogP contribution in [0.2, 0.25) is 0 Å². The minimum Gasteiger partial charge on any atom is -0.340 e. The average molecular weight is 386 g/mol. The fourth-order valence-electron chi connectivity index (χ4n) is 3.16. The number of nitrogens with zero attached hydrogens (tertiary/aromatic N) is 3. The second kappa shape index (κ2) is 6.98. The predicted molar refractivity (Wildman–Crippen MR) is 88.5 cm³/mol. The third-order valence-electron chi connectivity index (χ3n) is 4.46. The van der Waals surface area contributed by atoms with E-state index in [1.54, 1.807) is 4.90 Å². The zero-order valence-corrected chi connectivity index (χ0v) is 14.3. The zero-order chi connectivity index (χ0) is 16.4. The topological polar surface area (TPSA) is 90.4 Å². The molecule has 3 rings (SSSR count). The molecule has 2 aliphatic heterocycles. The van der Waals surface area contributed by atoms with Crippen molar-refractivity contribution in [1.82, 2.24) is 24.7 Å². The number of aromatic amines is 1. The van der Waals surface area contributed by atoms with Crippen molar-refractivity contribution in [2.75, 3.05) is 39.3 Å². The van der Waals surface area contributed by atoms with Crippen molar-refractivity contribution in [3.63, 3.8) is 0 Å². The highest BCUT2D eigenvalue weighted by atomic mass is 79.9. The maximum Gasteiger partial charge on any atom is 0.328 e. The van der Waals surface area contributed by atoms with Gasteiger partial charge < -0.3 is 10.2 Å². The summed E-state index contributed by atoms with van der Waals surface area (Å²) < 4.78 is 1.47. The Morgan fingerprint density at radius 3 is 2.74 bits per heavy atom. The first kappa shape index (κ1) is 16.4. The van der Waals surface area contributed by atoms with Gasteiger partial charge >= 0.3 is 5.69 Å². The first-order valence-corrected chi connectivity index (χ1v) is 8.55. The number of rotatable bonds is 3. The first-order valence-electron chi connectivity index (χ1n) is 7.76. The Bertz CT molecular complexity index is 694. The molecule has 0 saturated carbocycles. The van der Waals surface area contributed by atoms with Crippen LogP contribution in [0.25, 0.3) is 0 Å². The molecule has 0 radical (unpaired) electrons. The molecule has 2 fully saturated rings. The first-order chi connectivity index (χ1) is 11.0. The number of H-pyrrole nitrogens is 1. The largest absolute Gasteiger partial charge is 0.340 e. The number of likely N-dealkylation sites (tertiary alicyclic amines) is 1. The van der Waals surface area contributed by atoms with E-state index in [1.807, 2.05) is 0 Å². The number of nitrogens with one attached hydrogen (secondary N) is 2. The van der Waals surface area contributed by atoms with Crippen molar-refractivity contribution in [2.24, 2.45) is 0 Å². The molecule has 9 heteroatoms. The van der Waals surface area contributed by atoms with Gasteiger partial charge in [-0.3, -0.25) is 24.0 Å². The minimum absolute atomic E-state index is 0.0531. The van der Waals surface area contributed by atoms with Gasteiger partial charge in [-0.2, -0.15) is 0 Å². The summed E-state index contributed by atoms with van der Waals surface area (Å²) in [5, 5.41) is 3.33. The second-order valence-electron chi connectivity index (χ2n) is 5.93. The molecule has 23 heavy (non-hydrogen) atoms. The van der Waals surface area contributed by atoms with Crippen molar-refractivity contribution < 1.29 is 4.79 Å².